The monoisotopic (exact) mass is 471 g/mol. The van der Waals surface area contributed by atoms with Crippen LogP contribution in [0.3, 0.4) is 0 Å². The van der Waals surface area contributed by atoms with Gasteiger partial charge in [0.15, 0.2) is 0 Å². The van der Waals surface area contributed by atoms with E-state index < -0.39 is 15.9 Å². The van der Waals surface area contributed by atoms with Gasteiger partial charge in [-0.25, -0.2) is 23.1 Å². The highest BCUT2D eigenvalue weighted by atomic mass is 35.5. The fourth-order valence-electron chi connectivity index (χ4n) is 3.28. The van der Waals surface area contributed by atoms with Crippen LogP contribution in [0, 0.1) is 5.92 Å². The zero-order valence-corrected chi connectivity index (χ0v) is 18.2. The Balaban J connectivity index is 1.41. The largest absolute Gasteiger partial charge is 0.326 e. The van der Waals surface area contributed by atoms with E-state index in [0.717, 1.165) is 0 Å². The molecule has 1 aromatic heterocycles. The van der Waals surface area contributed by atoms with Gasteiger partial charge in [-0.15, -0.1) is 0 Å². The number of nitrogens with zero attached hydrogens (tertiary/aromatic N) is 3. The Morgan fingerprint density at radius 1 is 1.03 bits per heavy atom. The molecule has 9 nitrogen and oxygen atoms in total. The quantitative estimate of drug-likeness (QED) is 0.570. The topological polar surface area (TPSA) is 121 Å². The molecule has 1 atom stereocenters. The predicted octanol–water partition coefficient (Wildman–Crippen LogP) is 2.92. The molecular weight excluding hydrogens is 454 g/mol. The van der Waals surface area contributed by atoms with Crippen LogP contribution in [0.25, 0.3) is 0 Å². The summed E-state index contributed by atoms with van der Waals surface area (Å²) in [5.41, 5.74) is 0.979. The van der Waals surface area contributed by atoms with Gasteiger partial charge in [-0.3, -0.25) is 9.59 Å². The maximum absolute atomic E-state index is 12.7. The van der Waals surface area contributed by atoms with Crippen molar-refractivity contribution < 1.29 is 18.0 Å². The molecule has 164 valence electrons. The van der Waals surface area contributed by atoms with Gasteiger partial charge in [-0.1, -0.05) is 23.7 Å². The Labute approximate surface area is 189 Å². The molecular formula is C21H18ClN5O4S. The second-order valence-electron chi connectivity index (χ2n) is 7.05. The summed E-state index contributed by atoms with van der Waals surface area (Å²) in [7, 11) is -3.88. The van der Waals surface area contributed by atoms with E-state index >= 15 is 0 Å². The molecule has 2 heterocycles. The van der Waals surface area contributed by atoms with Gasteiger partial charge >= 0.3 is 0 Å². The van der Waals surface area contributed by atoms with Crippen LogP contribution in [0.2, 0.25) is 5.02 Å². The molecule has 2 aromatic carbocycles. The van der Waals surface area contributed by atoms with Gasteiger partial charge in [0.2, 0.25) is 17.8 Å². The minimum absolute atomic E-state index is 0.0103. The van der Waals surface area contributed by atoms with Crippen LogP contribution in [0.4, 0.5) is 17.3 Å². The second-order valence-corrected chi connectivity index (χ2v) is 9.14. The van der Waals surface area contributed by atoms with Crippen LogP contribution in [0.1, 0.15) is 6.42 Å². The fourth-order valence-corrected chi connectivity index (χ4v) is 4.48. The minimum Gasteiger partial charge on any atom is -0.326 e. The molecule has 3 aromatic rings. The van der Waals surface area contributed by atoms with Crippen molar-refractivity contribution in [1.29, 1.82) is 0 Å². The van der Waals surface area contributed by atoms with E-state index in [0.29, 0.717) is 16.4 Å². The van der Waals surface area contributed by atoms with Gasteiger partial charge in [0.1, 0.15) is 0 Å². The number of anilines is 3. The Morgan fingerprint density at radius 3 is 2.41 bits per heavy atom. The maximum Gasteiger partial charge on any atom is 0.264 e. The number of benzene rings is 2. The second kappa shape index (κ2) is 8.93. The molecule has 1 unspecified atom stereocenters. The van der Waals surface area contributed by atoms with Crippen LogP contribution in [0.15, 0.2) is 71.9 Å². The van der Waals surface area contributed by atoms with Gasteiger partial charge in [0.25, 0.3) is 10.0 Å². The van der Waals surface area contributed by atoms with Crippen molar-refractivity contribution in [2.75, 3.05) is 21.5 Å². The zero-order valence-electron chi connectivity index (χ0n) is 16.6. The van der Waals surface area contributed by atoms with Crippen molar-refractivity contribution >= 4 is 50.8 Å². The van der Waals surface area contributed by atoms with Crippen LogP contribution >= 0.6 is 11.6 Å². The average Bonchev–Trinajstić information content (AvgIpc) is 3.16. The molecule has 2 amide bonds. The van der Waals surface area contributed by atoms with Crippen LogP contribution < -0.4 is 14.9 Å². The lowest BCUT2D eigenvalue weighted by molar-refractivity contribution is -0.122. The summed E-state index contributed by atoms with van der Waals surface area (Å²) in [5.74, 6) is -1.12. The molecule has 0 aliphatic carbocycles. The summed E-state index contributed by atoms with van der Waals surface area (Å²) in [6, 6.07) is 14.2. The molecule has 1 aliphatic rings. The highest BCUT2D eigenvalue weighted by molar-refractivity contribution is 7.92. The minimum atomic E-state index is -3.88. The first kappa shape index (κ1) is 21.7. The number of aromatic nitrogens is 2. The highest BCUT2D eigenvalue weighted by Crippen LogP contribution is 2.31. The van der Waals surface area contributed by atoms with Crippen LogP contribution in [-0.2, 0) is 19.6 Å². The average molecular weight is 472 g/mol. The Kier molecular flexibility index (Phi) is 6.06. The van der Waals surface area contributed by atoms with Gasteiger partial charge in [0.05, 0.1) is 21.5 Å². The van der Waals surface area contributed by atoms with E-state index in [4.69, 9.17) is 11.6 Å². The molecule has 1 saturated heterocycles. The number of halogens is 1. The Hall–Kier alpha value is -3.50. The third-order valence-electron chi connectivity index (χ3n) is 4.86. The highest BCUT2D eigenvalue weighted by Gasteiger charge is 2.35. The third kappa shape index (κ3) is 4.71. The molecule has 1 aliphatic heterocycles. The number of para-hydroxylation sites is 1. The van der Waals surface area contributed by atoms with Crippen molar-refractivity contribution in [2.24, 2.45) is 5.92 Å². The zero-order chi connectivity index (χ0) is 22.7. The van der Waals surface area contributed by atoms with E-state index in [-0.39, 0.29) is 35.6 Å². The Morgan fingerprint density at radius 2 is 1.72 bits per heavy atom. The molecule has 0 saturated carbocycles. The number of rotatable bonds is 6. The number of carbonyl (C=O) groups is 2. The molecule has 4 rings (SSSR count). The van der Waals surface area contributed by atoms with Crippen molar-refractivity contribution in [3.05, 3.63) is 72.0 Å². The van der Waals surface area contributed by atoms with Gasteiger partial charge in [-0.2, -0.15) is 0 Å². The van der Waals surface area contributed by atoms with Gasteiger partial charge in [0, 0.05) is 31.0 Å². The molecule has 0 spiro atoms. The lowest BCUT2D eigenvalue weighted by atomic mass is 10.1. The van der Waals surface area contributed by atoms with Gasteiger partial charge in [-0.05, 0) is 42.5 Å². The summed E-state index contributed by atoms with van der Waals surface area (Å²) >= 11 is 6.17. The van der Waals surface area contributed by atoms with Crippen molar-refractivity contribution in [3.8, 4) is 0 Å². The Bertz CT molecular complexity index is 1250. The van der Waals surface area contributed by atoms with E-state index in [9.17, 15) is 18.0 Å². The lowest BCUT2D eigenvalue weighted by Crippen LogP contribution is -2.28. The maximum atomic E-state index is 12.7. The van der Waals surface area contributed by atoms with Crippen molar-refractivity contribution in [3.63, 3.8) is 0 Å². The van der Waals surface area contributed by atoms with Gasteiger partial charge < -0.3 is 10.2 Å². The molecule has 32 heavy (non-hydrogen) atoms. The summed E-state index contributed by atoms with van der Waals surface area (Å²) in [6.07, 6.45) is 2.90. The van der Waals surface area contributed by atoms with E-state index in [2.05, 4.69) is 20.0 Å². The predicted molar refractivity (Wildman–Crippen MR) is 120 cm³/mol. The first-order valence-corrected chi connectivity index (χ1v) is 11.5. The number of amides is 2. The standard InChI is InChI=1S/C21H18ClN5O4S/c22-17-4-1-2-5-18(17)27-13-14(12-19(27)28)20(29)25-15-6-8-16(9-7-15)32(30,31)26-21-23-10-3-11-24-21/h1-11,14H,12-13H2,(H,25,29)(H,23,24,26). The summed E-state index contributed by atoms with van der Waals surface area (Å²) in [6.45, 7) is 0.210. The van der Waals surface area contributed by atoms with Crippen molar-refractivity contribution in [2.45, 2.75) is 11.3 Å². The number of carbonyl (C=O) groups excluding carboxylic acids is 2. The summed E-state index contributed by atoms with van der Waals surface area (Å²) < 4.78 is 27.2. The molecule has 1 fully saturated rings. The SMILES string of the molecule is O=C(Nc1ccc(S(=O)(=O)Nc2ncccn2)cc1)C1CC(=O)N(c2ccccc2Cl)C1. The first-order valence-electron chi connectivity index (χ1n) is 9.59. The van der Waals surface area contributed by atoms with Crippen molar-refractivity contribution in [1.82, 2.24) is 9.97 Å². The molecule has 11 heteroatoms. The molecule has 2 N–H and O–H groups in total. The summed E-state index contributed by atoms with van der Waals surface area (Å²) in [4.78, 5) is 34.2. The van der Waals surface area contributed by atoms with E-state index in [1.807, 2.05) is 0 Å². The van der Waals surface area contributed by atoms with E-state index in [1.54, 1.807) is 30.3 Å². The van der Waals surface area contributed by atoms with Crippen LogP contribution in [-0.4, -0.2) is 36.7 Å². The van der Waals surface area contributed by atoms with E-state index in [1.165, 1.54) is 41.6 Å². The number of hydrogen-bond acceptors (Lipinski definition) is 6. The molecule has 0 bridgehead atoms. The number of nitrogens with one attached hydrogen (secondary N) is 2. The smallest absolute Gasteiger partial charge is 0.264 e. The summed E-state index contributed by atoms with van der Waals surface area (Å²) in [5, 5.41) is 3.17. The molecule has 0 radical (unpaired) electrons. The lowest BCUT2D eigenvalue weighted by Gasteiger charge is -2.18. The third-order valence-corrected chi connectivity index (χ3v) is 6.53. The first-order chi connectivity index (χ1) is 15.3. The fraction of sp³-hybridized carbons (Fsp3) is 0.143. The normalized spacial score (nSPS) is 16.1. The number of hydrogen-bond donors (Lipinski definition) is 2. The van der Waals surface area contributed by atoms with Crippen LogP contribution in [0.5, 0.6) is 0 Å². The number of sulfonamides is 1.